The number of hydrogen-bond donors (Lipinski definition) is 1. The summed E-state index contributed by atoms with van der Waals surface area (Å²) < 4.78 is 3.51. The number of para-hydroxylation sites is 1. The molecule has 90 valence electrons. The highest BCUT2D eigenvalue weighted by Crippen LogP contribution is 2.24. The number of anilines is 1. The quantitative estimate of drug-likeness (QED) is 0.742. The zero-order valence-electron chi connectivity index (χ0n) is 9.99. The minimum absolute atomic E-state index is 0.645. The van der Waals surface area contributed by atoms with E-state index in [-0.39, 0.29) is 0 Å². The van der Waals surface area contributed by atoms with E-state index in [0.717, 1.165) is 16.9 Å². The fourth-order valence-corrected chi connectivity index (χ4v) is 1.87. The lowest BCUT2D eigenvalue weighted by molar-refractivity contribution is 0.768. The number of benzene rings is 1. The zero-order chi connectivity index (χ0) is 12.5. The molecule has 18 heavy (non-hydrogen) atoms. The van der Waals surface area contributed by atoms with Gasteiger partial charge in [0.2, 0.25) is 0 Å². The van der Waals surface area contributed by atoms with Crippen LogP contribution in [0.25, 0.3) is 16.9 Å². The van der Waals surface area contributed by atoms with Crippen molar-refractivity contribution in [3.8, 4) is 16.9 Å². The van der Waals surface area contributed by atoms with Crippen LogP contribution in [0.1, 0.15) is 0 Å². The Bertz CT molecular complexity index is 666. The third-order valence-electron chi connectivity index (χ3n) is 2.74. The fraction of sp³-hybridized carbons (Fsp3) is 0.0769. The van der Waals surface area contributed by atoms with Crippen LogP contribution in [-0.4, -0.2) is 19.6 Å². The van der Waals surface area contributed by atoms with E-state index in [0.29, 0.717) is 5.69 Å². The van der Waals surface area contributed by atoms with E-state index >= 15 is 0 Å². The van der Waals surface area contributed by atoms with Crippen molar-refractivity contribution in [2.75, 3.05) is 5.73 Å². The van der Waals surface area contributed by atoms with E-state index in [4.69, 9.17) is 5.73 Å². The lowest BCUT2D eigenvalue weighted by atomic mass is 10.2. The third kappa shape index (κ3) is 1.75. The van der Waals surface area contributed by atoms with Crippen molar-refractivity contribution in [1.29, 1.82) is 0 Å². The number of rotatable bonds is 2. The number of nitrogen functional groups attached to an aromatic ring is 1. The lowest BCUT2D eigenvalue weighted by Gasteiger charge is -1.98. The van der Waals surface area contributed by atoms with Crippen molar-refractivity contribution in [2.45, 2.75) is 0 Å². The maximum Gasteiger partial charge on any atom is 0.119 e. The number of nitrogens with two attached hydrogens (primary N) is 1. The van der Waals surface area contributed by atoms with Crippen molar-refractivity contribution < 1.29 is 0 Å². The summed E-state index contributed by atoms with van der Waals surface area (Å²) in [5.41, 5.74) is 9.31. The molecule has 0 unspecified atom stereocenters. The molecular formula is C13H13N5. The minimum Gasteiger partial charge on any atom is -0.396 e. The summed E-state index contributed by atoms with van der Waals surface area (Å²) >= 11 is 0. The van der Waals surface area contributed by atoms with Crippen molar-refractivity contribution in [1.82, 2.24) is 19.6 Å². The summed E-state index contributed by atoms with van der Waals surface area (Å²) in [5.74, 6) is 0. The molecule has 0 atom stereocenters. The van der Waals surface area contributed by atoms with Crippen LogP contribution in [0.4, 0.5) is 5.69 Å². The molecule has 0 aliphatic heterocycles. The highest BCUT2D eigenvalue weighted by atomic mass is 15.3. The average molecular weight is 239 g/mol. The molecule has 2 aromatic heterocycles. The number of aromatic nitrogens is 4. The van der Waals surface area contributed by atoms with Gasteiger partial charge < -0.3 is 5.73 Å². The first kappa shape index (κ1) is 10.6. The molecule has 5 nitrogen and oxygen atoms in total. The van der Waals surface area contributed by atoms with Crippen LogP contribution in [0.15, 0.2) is 48.9 Å². The number of nitrogens with zero attached hydrogens (tertiary/aromatic N) is 4. The van der Waals surface area contributed by atoms with Gasteiger partial charge in [-0.1, -0.05) is 18.2 Å². The van der Waals surface area contributed by atoms with Gasteiger partial charge in [0.05, 0.1) is 23.8 Å². The molecule has 0 bridgehead atoms. The molecule has 3 aromatic rings. The molecule has 0 saturated carbocycles. The molecule has 5 heteroatoms. The van der Waals surface area contributed by atoms with Crippen LogP contribution in [0.3, 0.4) is 0 Å². The van der Waals surface area contributed by atoms with Crippen molar-refractivity contribution in [2.24, 2.45) is 7.05 Å². The van der Waals surface area contributed by atoms with Gasteiger partial charge in [-0.15, -0.1) is 0 Å². The third-order valence-corrected chi connectivity index (χ3v) is 2.74. The first-order chi connectivity index (χ1) is 8.74. The highest BCUT2D eigenvalue weighted by molar-refractivity contribution is 5.71. The average Bonchev–Trinajstić information content (AvgIpc) is 2.97. The lowest BCUT2D eigenvalue weighted by Crippen LogP contribution is -1.93. The Morgan fingerprint density at radius 2 is 1.89 bits per heavy atom. The fourth-order valence-electron chi connectivity index (χ4n) is 1.87. The molecule has 0 spiro atoms. The van der Waals surface area contributed by atoms with Gasteiger partial charge in [0.1, 0.15) is 5.69 Å². The monoisotopic (exact) mass is 239 g/mol. The maximum absolute atomic E-state index is 6.00. The highest BCUT2D eigenvalue weighted by Gasteiger charge is 2.10. The van der Waals surface area contributed by atoms with E-state index in [1.165, 1.54) is 0 Å². The molecule has 0 aliphatic rings. The van der Waals surface area contributed by atoms with E-state index in [1.54, 1.807) is 15.6 Å². The Labute approximate surface area is 104 Å². The molecular weight excluding hydrogens is 226 g/mol. The van der Waals surface area contributed by atoms with Gasteiger partial charge in [-0.3, -0.25) is 4.68 Å². The topological polar surface area (TPSA) is 61.7 Å². The van der Waals surface area contributed by atoms with E-state index in [2.05, 4.69) is 10.2 Å². The van der Waals surface area contributed by atoms with Gasteiger partial charge in [-0.05, 0) is 12.1 Å². The Morgan fingerprint density at radius 1 is 1.11 bits per heavy atom. The standard InChI is InChI=1S/C13H13N5/c1-17-8-10(7-15-17)13-12(14)9-18(16-13)11-5-3-2-4-6-11/h2-9H,14H2,1H3. The molecule has 1 aromatic carbocycles. The molecule has 0 radical (unpaired) electrons. The van der Waals surface area contributed by atoms with Crippen LogP contribution in [-0.2, 0) is 7.05 Å². The van der Waals surface area contributed by atoms with Crippen molar-refractivity contribution in [3.05, 3.63) is 48.9 Å². The van der Waals surface area contributed by atoms with Gasteiger partial charge in [-0.2, -0.15) is 10.2 Å². The predicted molar refractivity (Wildman–Crippen MR) is 70.2 cm³/mol. The van der Waals surface area contributed by atoms with Crippen LogP contribution < -0.4 is 5.73 Å². The minimum atomic E-state index is 0.645. The number of hydrogen-bond acceptors (Lipinski definition) is 3. The molecule has 2 heterocycles. The van der Waals surface area contributed by atoms with Crippen molar-refractivity contribution >= 4 is 5.69 Å². The predicted octanol–water partition coefficient (Wildman–Crippen LogP) is 1.85. The Morgan fingerprint density at radius 3 is 2.56 bits per heavy atom. The summed E-state index contributed by atoms with van der Waals surface area (Å²) in [6, 6.07) is 9.88. The SMILES string of the molecule is Cn1cc(-c2nn(-c3ccccc3)cc2N)cn1. The Hall–Kier alpha value is -2.56. The molecule has 0 fully saturated rings. The van der Waals surface area contributed by atoms with Gasteiger partial charge in [0.25, 0.3) is 0 Å². The van der Waals surface area contributed by atoms with Crippen LogP contribution >= 0.6 is 0 Å². The van der Waals surface area contributed by atoms with Crippen molar-refractivity contribution in [3.63, 3.8) is 0 Å². The Balaban J connectivity index is 2.06. The first-order valence-electron chi connectivity index (χ1n) is 5.63. The van der Waals surface area contributed by atoms with E-state index < -0.39 is 0 Å². The van der Waals surface area contributed by atoms with Gasteiger partial charge in [0.15, 0.2) is 0 Å². The van der Waals surface area contributed by atoms with Crippen LogP contribution in [0, 0.1) is 0 Å². The second-order valence-electron chi connectivity index (χ2n) is 4.12. The van der Waals surface area contributed by atoms with Crippen LogP contribution in [0.5, 0.6) is 0 Å². The summed E-state index contributed by atoms with van der Waals surface area (Å²) in [5, 5.41) is 8.63. The summed E-state index contributed by atoms with van der Waals surface area (Å²) in [6.07, 6.45) is 5.47. The second kappa shape index (κ2) is 4.03. The van der Waals surface area contributed by atoms with Gasteiger partial charge >= 0.3 is 0 Å². The molecule has 0 saturated heterocycles. The summed E-state index contributed by atoms with van der Waals surface area (Å²) in [6.45, 7) is 0. The molecule has 0 aliphatic carbocycles. The normalized spacial score (nSPS) is 10.7. The zero-order valence-corrected chi connectivity index (χ0v) is 9.99. The second-order valence-corrected chi connectivity index (χ2v) is 4.12. The van der Waals surface area contributed by atoms with E-state index in [9.17, 15) is 0 Å². The first-order valence-corrected chi connectivity index (χ1v) is 5.63. The summed E-state index contributed by atoms with van der Waals surface area (Å²) in [4.78, 5) is 0. The summed E-state index contributed by atoms with van der Waals surface area (Å²) in [7, 11) is 1.87. The molecule has 3 rings (SSSR count). The van der Waals surface area contributed by atoms with Gasteiger partial charge in [-0.25, -0.2) is 4.68 Å². The van der Waals surface area contributed by atoms with Gasteiger partial charge in [0, 0.05) is 18.8 Å². The molecule has 0 amide bonds. The van der Waals surface area contributed by atoms with E-state index in [1.807, 2.05) is 49.8 Å². The molecule has 2 N–H and O–H groups in total. The largest absolute Gasteiger partial charge is 0.396 e. The Kier molecular flexibility index (Phi) is 2.37. The smallest absolute Gasteiger partial charge is 0.119 e. The number of aryl methyl sites for hydroxylation is 1. The maximum atomic E-state index is 6.00. The van der Waals surface area contributed by atoms with Crippen LogP contribution in [0.2, 0.25) is 0 Å².